The number of pyridine rings is 1. The topological polar surface area (TPSA) is 62.0 Å². The second-order valence-electron chi connectivity index (χ2n) is 4.78. The van der Waals surface area contributed by atoms with E-state index in [9.17, 15) is 5.11 Å². The zero-order valence-corrected chi connectivity index (χ0v) is 11.8. The Labute approximate surface area is 118 Å². The van der Waals surface area contributed by atoms with Crippen LogP contribution < -0.4 is 5.73 Å². The summed E-state index contributed by atoms with van der Waals surface area (Å²) >= 11 is 5.32. The van der Waals surface area contributed by atoms with Crippen molar-refractivity contribution in [2.45, 2.75) is 32.1 Å². The molecule has 0 radical (unpaired) electrons. The van der Waals surface area contributed by atoms with Gasteiger partial charge in [0.05, 0.1) is 10.2 Å². The molecule has 0 unspecified atom stereocenters. The van der Waals surface area contributed by atoms with Crippen molar-refractivity contribution in [2.75, 3.05) is 6.54 Å². The van der Waals surface area contributed by atoms with E-state index in [1.807, 2.05) is 24.3 Å². The molecule has 0 spiro atoms. The summed E-state index contributed by atoms with van der Waals surface area (Å²) in [4.78, 5) is 3.29. The van der Waals surface area contributed by atoms with E-state index in [2.05, 4.69) is 4.98 Å². The number of fused-ring (bicyclic) bond motifs is 1. The molecular formula is C15H20N2OS. The first-order chi connectivity index (χ1) is 9.24. The van der Waals surface area contributed by atoms with Crippen LogP contribution in [0.25, 0.3) is 10.9 Å². The average molecular weight is 276 g/mol. The van der Waals surface area contributed by atoms with Crippen molar-refractivity contribution in [1.82, 2.24) is 4.98 Å². The Hall–Kier alpha value is -1.39. The minimum Gasteiger partial charge on any atom is -0.505 e. The molecule has 0 amide bonds. The number of nitrogens with one attached hydrogen (secondary N) is 1. The Morgan fingerprint density at radius 1 is 1.11 bits per heavy atom. The molecule has 2 aromatic rings. The third kappa shape index (κ3) is 3.33. The molecule has 0 saturated carbocycles. The highest BCUT2D eigenvalue weighted by Crippen LogP contribution is 2.26. The number of hydrogen-bond donors (Lipinski definition) is 3. The van der Waals surface area contributed by atoms with Crippen LogP contribution in [0.3, 0.4) is 0 Å². The van der Waals surface area contributed by atoms with Gasteiger partial charge in [-0.15, -0.1) is 0 Å². The maximum atomic E-state index is 10.1. The number of aromatic amines is 1. The first kappa shape index (κ1) is 14.0. The van der Waals surface area contributed by atoms with Crippen LogP contribution in [0.4, 0.5) is 0 Å². The molecule has 2 rings (SSSR count). The van der Waals surface area contributed by atoms with Gasteiger partial charge in [0, 0.05) is 10.9 Å². The lowest BCUT2D eigenvalue weighted by atomic mass is 10.1. The summed E-state index contributed by atoms with van der Waals surface area (Å²) in [5, 5.41) is 11.0. The van der Waals surface area contributed by atoms with E-state index < -0.39 is 0 Å². The Kier molecular flexibility index (Phi) is 4.93. The van der Waals surface area contributed by atoms with Crippen molar-refractivity contribution >= 4 is 23.1 Å². The van der Waals surface area contributed by atoms with Crippen LogP contribution in [-0.4, -0.2) is 16.6 Å². The molecule has 4 N–H and O–H groups in total. The van der Waals surface area contributed by atoms with E-state index in [1.165, 1.54) is 0 Å². The number of aromatic hydroxyl groups is 1. The lowest BCUT2D eigenvalue weighted by molar-refractivity contribution is 0.461. The summed E-state index contributed by atoms with van der Waals surface area (Å²) in [6.45, 7) is 0.754. The summed E-state index contributed by atoms with van der Waals surface area (Å²) in [6.07, 6.45) is 5.21. The maximum absolute atomic E-state index is 10.1. The van der Waals surface area contributed by atoms with Crippen LogP contribution >= 0.6 is 12.2 Å². The second-order valence-corrected chi connectivity index (χ2v) is 5.19. The molecule has 3 nitrogen and oxygen atoms in total. The summed E-state index contributed by atoms with van der Waals surface area (Å²) in [7, 11) is 0. The van der Waals surface area contributed by atoms with Gasteiger partial charge in [-0.3, -0.25) is 0 Å². The van der Waals surface area contributed by atoms with E-state index in [1.54, 1.807) is 0 Å². The smallest absolute Gasteiger partial charge is 0.153 e. The van der Waals surface area contributed by atoms with Crippen molar-refractivity contribution in [2.24, 2.45) is 5.73 Å². The lowest BCUT2D eigenvalue weighted by Gasteiger charge is -2.08. The molecule has 0 fully saturated rings. The second kappa shape index (κ2) is 6.68. The summed E-state index contributed by atoms with van der Waals surface area (Å²) in [5.41, 5.74) is 7.30. The summed E-state index contributed by atoms with van der Waals surface area (Å²) in [5.74, 6) is 0.229. The molecule has 1 aromatic carbocycles. The molecule has 0 aliphatic rings. The predicted molar refractivity (Wildman–Crippen MR) is 82.0 cm³/mol. The van der Waals surface area contributed by atoms with Gasteiger partial charge in [-0.05, 0) is 31.9 Å². The van der Waals surface area contributed by atoms with Crippen molar-refractivity contribution in [3.8, 4) is 5.75 Å². The van der Waals surface area contributed by atoms with Gasteiger partial charge in [0.25, 0.3) is 0 Å². The number of H-pyrrole nitrogens is 1. The normalized spacial score (nSPS) is 11.0. The molecule has 0 aliphatic carbocycles. The largest absolute Gasteiger partial charge is 0.505 e. The number of aryl methyl sites for hydroxylation is 1. The predicted octanol–water partition coefficient (Wildman–Crippen LogP) is 3.66. The molecule has 1 aromatic heterocycles. The van der Waals surface area contributed by atoms with Crippen LogP contribution in [0.15, 0.2) is 24.3 Å². The zero-order valence-electron chi connectivity index (χ0n) is 11.0. The highest BCUT2D eigenvalue weighted by atomic mass is 32.1. The molecule has 0 atom stereocenters. The van der Waals surface area contributed by atoms with E-state index in [-0.39, 0.29) is 5.75 Å². The van der Waals surface area contributed by atoms with Crippen molar-refractivity contribution in [3.05, 3.63) is 34.5 Å². The van der Waals surface area contributed by atoms with Gasteiger partial charge >= 0.3 is 0 Å². The van der Waals surface area contributed by atoms with E-state index in [0.717, 1.165) is 55.2 Å². The molecule has 1 heterocycles. The number of nitrogens with two attached hydrogens (primary N) is 1. The summed E-state index contributed by atoms with van der Waals surface area (Å²) < 4.78 is 0.548. The van der Waals surface area contributed by atoms with Crippen LogP contribution in [0.5, 0.6) is 5.75 Å². The lowest BCUT2D eigenvalue weighted by Crippen LogP contribution is -1.98. The van der Waals surface area contributed by atoms with Crippen LogP contribution in [0.2, 0.25) is 0 Å². The van der Waals surface area contributed by atoms with Gasteiger partial charge in [0.1, 0.15) is 0 Å². The molecule has 0 saturated heterocycles. The van der Waals surface area contributed by atoms with Gasteiger partial charge < -0.3 is 15.8 Å². The van der Waals surface area contributed by atoms with Crippen molar-refractivity contribution in [3.63, 3.8) is 0 Å². The zero-order chi connectivity index (χ0) is 13.7. The Balaban J connectivity index is 2.15. The number of para-hydroxylation sites is 1. The monoisotopic (exact) mass is 276 g/mol. The molecule has 102 valence electrons. The maximum Gasteiger partial charge on any atom is 0.153 e. The van der Waals surface area contributed by atoms with E-state index in [4.69, 9.17) is 18.0 Å². The van der Waals surface area contributed by atoms with Gasteiger partial charge in [0.2, 0.25) is 0 Å². The van der Waals surface area contributed by atoms with Crippen LogP contribution in [0, 0.1) is 4.51 Å². The van der Waals surface area contributed by atoms with Gasteiger partial charge in [-0.2, -0.15) is 0 Å². The fourth-order valence-electron chi connectivity index (χ4n) is 2.26. The minimum atomic E-state index is 0.229. The third-order valence-electron chi connectivity index (χ3n) is 3.34. The highest BCUT2D eigenvalue weighted by molar-refractivity contribution is 7.71. The Morgan fingerprint density at radius 2 is 1.84 bits per heavy atom. The molecule has 0 bridgehead atoms. The highest BCUT2D eigenvalue weighted by Gasteiger charge is 2.07. The van der Waals surface area contributed by atoms with Gasteiger partial charge in [-0.25, -0.2) is 0 Å². The minimum absolute atomic E-state index is 0.229. The van der Waals surface area contributed by atoms with Crippen LogP contribution in [0.1, 0.15) is 31.4 Å². The Morgan fingerprint density at radius 3 is 2.63 bits per heavy atom. The van der Waals surface area contributed by atoms with E-state index >= 15 is 0 Å². The fraction of sp³-hybridized carbons (Fsp3) is 0.400. The van der Waals surface area contributed by atoms with E-state index in [0.29, 0.717) is 4.51 Å². The number of rotatable bonds is 6. The SMILES string of the molecule is NCCCCCCc1[nH]c2ccccc2c(=S)c1O. The standard InChI is InChI=1S/C15H20N2OS/c16-10-6-2-1-3-9-13-14(18)15(19)11-7-4-5-8-12(11)17-13/h4-5,7-8,18H,1-3,6,9-10,16H2,(H,17,19). The number of benzene rings is 1. The third-order valence-corrected chi connectivity index (χ3v) is 3.75. The Bertz CT molecular complexity index is 607. The number of unbranched alkanes of at least 4 members (excludes halogenated alkanes) is 3. The molecule has 19 heavy (non-hydrogen) atoms. The van der Waals surface area contributed by atoms with Crippen molar-refractivity contribution < 1.29 is 5.11 Å². The number of hydrogen-bond acceptors (Lipinski definition) is 3. The molecule has 4 heteroatoms. The average Bonchev–Trinajstić information content (AvgIpc) is 2.44. The van der Waals surface area contributed by atoms with Gasteiger partial charge in [0.15, 0.2) is 5.75 Å². The quantitative estimate of drug-likeness (QED) is 0.557. The number of aromatic nitrogens is 1. The first-order valence-electron chi connectivity index (χ1n) is 6.77. The molecular weight excluding hydrogens is 256 g/mol. The first-order valence-corrected chi connectivity index (χ1v) is 7.18. The molecule has 0 aliphatic heterocycles. The summed E-state index contributed by atoms with van der Waals surface area (Å²) in [6, 6.07) is 7.81. The van der Waals surface area contributed by atoms with Gasteiger partial charge in [-0.1, -0.05) is 43.3 Å². The fourth-order valence-corrected chi connectivity index (χ4v) is 2.56. The van der Waals surface area contributed by atoms with Crippen LogP contribution in [-0.2, 0) is 6.42 Å². The van der Waals surface area contributed by atoms with Crippen molar-refractivity contribution in [1.29, 1.82) is 0 Å².